The topological polar surface area (TPSA) is 83.1 Å². The van der Waals surface area contributed by atoms with Gasteiger partial charge >= 0.3 is 5.97 Å². The Bertz CT molecular complexity index is 797. The van der Waals surface area contributed by atoms with E-state index in [4.69, 9.17) is 30.5 Å². The molecule has 0 bridgehead atoms. The van der Waals surface area contributed by atoms with Gasteiger partial charge in [-0.1, -0.05) is 23.7 Å². The van der Waals surface area contributed by atoms with Crippen molar-refractivity contribution < 1.29 is 28.5 Å². The van der Waals surface area contributed by atoms with Crippen LogP contribution in [0.2, 0.25) is 5.02 Å². The Morgan fingerprint density at radius 2 is 1.57 bits per heavy atom. The minimum atomic E-state index is -0.674. The van der Waals surface area contributed by atoms with E-state index in [-0.39, 0.29) is 5.56 Å². The van der Waals surface area contributed by atoms with E-state index in [1.807, 2.05) is 12.1 Å². The number of esters is 1. The van der Waals surface area contributed by atoms with Crippen molar-refractivity contribution in [2.24, 2.45) is 0 Å². The summed E-state index contributed by atoms with van der Waals surface area (Å²) >= 11 is 5.83. The Kier molecular flexibility index (Phi) is 7.95. The number of ether oxygens (including phenoxy) is 4. The lowest BCUT2D eigenvalue weighted by atomic mass is 10.1. The summed E-state index contributed by atoms with van der Waals surface area (Å²) in [6.45, 7) is 0.0261. The van der Waals surface area contributed by atoms with Gasteiger partial charge in [-0.2, -0.15) is 0 Å². The van der Waals surface area contributed by atoms with Gasteiger partial charge in [0, 0.05) is 11.6 Å². The molecule has 1 amide bonds. The zero-order valence-electron chi connectivity index (χ0n) is 15.9. The molecule has 0 aliphatic heterocycles. The Morgan fingerprint density at radius 1 is 0.964 bits per heavy atom. The maximum atomic E-state index is 12.2. The van der Waals surface area contributed by atoms with E-state index in [0.29, 0.717) is 35.2 Å². The molecule has 0 aromatic heterocycles. The third-order valence-corrected chi connectivity index (χ3v) is 4.14. The molecule has 28 heavy (non-hydrogen) atoms. The first kappa shape index (κ1) is 21.4. The van der Waals surface area contributed by atoms with Gasteiger partial charge in [0.15, 0.2) is 18.1 Å². The van der Waals surface area contributed by atoms with E-state index in [2.05, 4.69) is 5.32 Å². The van der Waals surface area contributed by atoms with Gasteiger partial charge in [-0.05, 0) is 36.2 Å². The average Bonchev–Trinajstić information content (AvgIpc) is 2.72. The van der Waals surface area contributed by atoms with Crippen LogP contribution in [0.15, 0.2) is 36.4 Å². The third kappa shape index (κ3) is 5.79. The van der Waals surface area contributed by atoms with Crippen molar-refractivity contribution in [1.82, 2.24) is 5.32 Å². The summed E-state index contributed by atoms with van der Waals surface area (Å²) in [7, 11) is 4.35. The van der Waals surface area contributed by atoms with Crippen LogP contribution >= 0.6 is 11.6 Å². The normalized spacial score (nSPS) is 10.1. The Balaban J connectivity index is 1.87. The second-order valence-corrected chi connectivity index (χ2v) is 6.15. The van der Waals surface area contributed by atoms with E-state index in [9.17, 15) is 9.59 Å². The molecule has 2 rings (SSSR count). The predicted octanol–water partition coefficient (Wildman–Crippen LogP) is 2.88. The Hall–Kier alpha value is -2.93. The minimum Gasteiger partial charge on any atom is -0.493 e. The van der Waals surface area contributed by atoms with Gasteiger partial charge < -0.3 is 24.3 Å². The highest BCUT2D eigenvalue weighted by molar-refractivity contribution is 6.30. The monoisotopic (exact) mass is 407 g/mol. The van der Waals surface area contributed by atoms with Gasteiger partial charge in [0.05, 0.1) is 26.9 Å². The van der Waals surface area contributed by atoms with Crippen molar-refractivity contribution >= 4 is 23.5 Å². The lowest BCUT2D eigenvalue weighted by Crippen LogP contribution is -2.30. The van der Waals surface area contributed by atoms with Crippen molar-refractivity contribution in [3.05, 3.63) is 52.5 Å². The molecule has 0 atom stereocenters. The largest absolute Gasteiger partial charge is 0.493 e. The van der Waals surface area contributed by atoms with Crippen LogP contribution in [-0.2, 0) is 16.0 Å². The number of halogens is 1. The van der Waals surface area contributed by atoms with Crippen molar-refractivity contribution in [2.45, 2.75) is 6.42 Å². The number of nitrogens with one attached hydrogen (secondary N) is 1. The van der Waals surface area contributed by atoms with Crippen LogP contribution in [0.25, 0.3) is 0 Å². The summed E-state index contributed by atoms with van der Waals surface area (Å²) < 4.78 is 20.7. The molecular weight excluding hydrogens is 386 g/mol. The Labute approximate surface area is 168 Å². The number of rotatable bonds is 9. The summed E-state index contributed by atoms with van der Waals surface area (Å²) in [6, 6.07) is 10.3. The molecule has 0 aliphatic carbocycles. The maximum absolute atomic E-state index is 12.2. The number of carbonyl (C=O) groups is 2. The predicted molar refractivity (Wildman–Crippen MR) is 105 cm³/mol. The van der Waals surface area contributed by atoms with Crippen molar-refractivity contribution in [1.29, 1.82) is 0 Å². The highest BCUT2D eigenvalue weighted by atomic mass is 35.5. The molecule has 0 aliphatic rings. The molecule has 0 saturated carbocycles. The quantitative estimate of drug-likeness (QED) is 0.643. The number of carbonyl (C=O) groups excluding carboxylic acids is 2. The number of hydrogen-bond acceptors (Lipinski definition) is 6. The molecule has 7 nitrogen and oxygen atoms in total. The zero-order valence-corrected chi connectivity index (χ0v) is 16.7. The second kappa shape index (κ2) is 10.4. The molecule has 8 heteroatoms. The van der Waals surface area contributed by atoms with Crippen LogP contribution < -0.4 is 19.5 Å². The molecule has 0 saturated heterocycles. The van der Waals surface area contributed by atoms with Crippen molar-refractivity contribution in [2.75, 3.05) is 34.5 Å². The molecule has 150 valence electrons. The maximum Gasteiger partial charge on any atom is 0.338 e. The van der Waals surface area contributed by atoms with E-state index in [1.54, 1.807) is 12.1 Å². The first-order valence-corrected chi connectivity index (χ1v) is 8.84. The Morgan fingerprint density at radius 3 is 2.11 bits per heavy atom. The third-order valence-electron chi connectivity index (χ3n) is 3.88. The SMILES string of the molecule is COc1cc(C(=O)OCC(=O)NCCc2ccc(Cl)cc2)cc(OC)c1OC. The van der Waals surface area contributed by atoms with Crippen LogP contribution in [0, 0.1) is 0 Å². The van der Waals surface area contributed by atoms with Gasteiger partial charge in [-0.15, -0.1) is 0 Å². The number of methoxy groups -OCH3 is 3. The molecule has 0 heterocycles. The van der Waals surface area contributed by atoms with Crippen molar-refractivity contribution in [3.8, 4) is 17.2 Å². The lowest BCUT2D eigenvalue weighted by molar-refractivity contribution is -0.124. The van der Waals surface area contributed by atoms with E-state index in [1.165, 1.54) is 33.5 Å². The highest BCUT2D eigenvalue weighted by Gasteiger charge is 2.18. The molecule has 2 aromatic rings. The van der Waals surface area contributed by atoms with Gasteiger partial charge in [-0.3, -0.25) is 4.79 Å². The summed E-state index contributed by atoms with van der Waals surface area (Å²) in [5, 5.41) is 3.36. The second-order valence-electron chi connectivity index (χ2n) is 5.72. The zero-order chi connectivity index (χ0) is 20.5. The number of amides is 1. The molecule has 0 spiro atoms. The standard InChI is InChI=1S/C20H22ClNO6/c1-25-16-10-14(11-17(26-2)19(16)27-3)20(24)28-12-18(23)22-9-8-13-4-6-15(21)7-5-13/h4-7,10-11H,8-9,12H2,1-3H3,(H,22,23). The average molecular weight is 408 g/mol. The minimum absolute atomic E-state index is 0.184. The molecule has 0 fully saturated rings. The molecule has 0 radical (unpaired) electrons. The summed E-state index contributed by atoms with van der Waals surface area (Å²) in [5.41, 5.74) is 1.22. The fraction of sp³-hybridized carbons (Fsp3) is 0.300. The smallest absolute Gasteiger partial charge is 0.338 e. The van der Waals surface area contributed by atoms with Gasteiger partial charge in [0.25, 0.3) is 5.91 Å². The van der Waals surface area contributed by atoms with Crippen molar-refractivity contribution in [3.63, 3.8) is 0 Å². The number of hydrogen-bond donors (Lipinski definition) is 1. The van der Waals surface area contributed by atoms with E-state index >= 15 is 0 Å². The molecule has 0 unspecified atom stereocenters. The fourth-order valence-corrected chi connectivity index (χ4v) is 2.59. The highest BCUT2D eigenvalue weighted by Crippen LogP contribution is 2.38. The molecule has 1 N–H and O–H groups in total. The fourth-order valence-electron chi connectivity index (χ4n) is 2.46. The summed E-state index contributed by atoms with van der Waals surface area (Å²) in [6.07, 6.45) is 0.643. The van der Waals surface area contributed by atoms with Gasteiger partial charge in [-0.25, -0.2) is 4.79 Å². The molecule has 2 aromatic carbocycles. The van der Waals surface area contributed by atoms with E-state index < -0.39 is 18.5 Å². The first-order valence-electron chi connectivity index (χ1n) is 8.46. The molecular formula is C20H22ClNO6. The van der Waals surface area contributed by atoms with Crippen LogP contribution in [-0.4, -0.2) is 46.4 Å². The van der Waals surface area contributed by atoms with Gasteiger partial charge in [0.1, 0.15) is 0 Å². The summed E-state index contributed by atoms with van der Waals surface area (Å²) in [4.78, 5) is 24.1. The number of benzene rings is 2. The van der Waals surface area contributed by atoms with Crippen LogP contribution in [0.3, 0.4) is 0 Å². The van der Waals surface area contributed by atoms with Gasteiger partial charge in [0.2, 0.25) is 5.75 Å². The van der Waals surface area contributed by atoms with Crippen LogP contribution in [0.5, 0.6) is 17.2 Å². The van der Waals surface area contributed by atoms with Crippen LogP contribution in [0.4, 0.5) is 0 Å². The first-order chi connectivity index (χ1) is 13.5. The van der Waals surface area contributed by atoms with Crippen LogP contribution in [0.1, 0.15) is 15.9 Å². The lowest BCUT2D eigenvalue weighted by Gasteiger charge is -2.13. The van der Waals surface area contributed by atoms with E-state index in [0.717, 1.165) is 5.56 Å². The summed E-state index contributed by atoms with van der Waals surface area (Å²) in [5.74, 6) is -0.0641.